The number of halogens is 5. The number of carbonyl (C=O) groups is 1. The summed E-state index contributed by atoms with van der Waals surface area (Å²) < 4.78 is 45.6. The van der Waals surface area contributed by atoms with Gasteiger partial charge in [-0.2, -0.15) is 23.4 Å². The Morgan fingerprint density at radius 2 is 2.03 bits per heavy atom. The molecule has 2 aliphatic heterocycles. The molecule has 0 bridgehead atoms. The van der Waals surface area contributed by atoms with Crippen molar-refractivity contribution in [3.8, 4) is 0 Å². The third kappa shape index (κ3) is 3.27. The number of carbonyl (C=O) groups excluding carboxylic acids is 1. The summed E-state index contributed by atoms with van der Waals surface area (Å²) in [5, 5.41) is 11.1. The van der Waals surface area contributed by atoms with Crippen LogP contribution in [0.1, 0.15) is 11.7 Å². The first-order valence-electron chi connectivity index (χ1n) is 9.81. The Bertz CT molecular complexity index is 1280. The van der Waals surface area contributed by atoms with Crippen LogP contribution in [0.25, 0.3) is 5.65 Å². The summed E-state index contributed by atoms with van der Waals surface area (Å²) in [4.78, 5) is 20.2. The largest absolute Gasteiger partial charge is 0.405 e. The normalized spacial score (nSPS) is 21.3. The zero-order valence-electron chi connectivity index (χ0n) is 17.1. The van der Waals surface area contributed by atoms with Gasteiger partial charge in [0, 0.05) is 25.2 Å². The van der Waals surface area contributed by atoms with Crippen molar-refractivity contribution >= 4 is 46.4 Å². The summed E-state index contributed by atoms with van der Waals surface area (Å²) in [6.07, 6.45) is -2.81. The average molecular weight is 501 g/mol. The molecule has 5 heterocycles. The van der Waals surface area contributed by atoms with Crippen molar-refractivity contribution in [3.05, 3.63) is 47.0 Å². The molecule has 0 saturated carbocycles. The summed E-state index contributed by atoms with van der Waals surface area (Å²) >= 11 is 12.2. The Kier molecular flexibility index (Phi) is 4.89. The van der Waals surface area contributed by atoms with Crippen molar-refractivity contribution < 1.29 is 18.0 Å². The number of aromatic nitrogens is 5. The fraction of sp³-hybridized carbons (Fsp3) is 0.368. The second-order valence-electron chi connectivity index (χ2n) is 8.09. The molecule has 2 aliphatic rings. The summed E-state index contributed by atoms with van der Waals surface area (Å²) in [6.45, 7) is 4.16. The first kappa shape index (κ1) is 22.0. The van der Waals surface area contributed by atoms with Crippen LogP contribution in [0.4, 0.5) is 29.5 Å². The molecule has 0 unspecified atom stereocenters. The van der Waals surface area contributed by atoms with E-state index in [1.807, 2.05) is 7.05 Å². The van der Waals surface area contributed by atoms with Gasteiger partial charge in [-0.3, -0.25) is 10.2 Å². The molecule has 1 fully saturated rings. The minimum absolute atomic E-state index is 0.0271. The predicted octanol–water partition coefficient (Wildman–Crippen LogP) is 3.76. The lowest BCUT2D eigenvalue weighted by molar-refractivity contribution is -0.172. The summed E-state index contributed by atoms with van der Waals surface area (Å²) in [6, 6.07) is 2.02. The molecule has 1 atom stereocenters. The number of urea groups is 1. The number of likely N-dealkylation sites (tertiary alicyclic amines) is 1. The highest BCUT2D eigenvalue weighted by molar-refractivity contribution is 6.30. The molecule has 174 valence electrons. The maximum Gasteiger partial charge on any atom is 0.405 e. The van der Waals surface area contributed by atoms with Gasteiger partial charge in [0.1, 0.15) is 10.6 Å². The van der Waals surface area contributed by atoms with E-state index in [9.17, 15) is 18.0 Å². The van der Waals surface area contributed by atoms with Crippen molar-refractivity contribution in [2.24, 2.45) is 0 Å². The number of hydrogen-bond acceptors (Lipinski definition) is 5. The van der Waals surface area contributed by atoms with Gasteiger partial charge in [0.05, 0.1) is 30.2 Å². The number of likely N-dealkylation sites (N-methyl/N-ethyl adjacent to an activating group) is 1. The van der Waals surface area contributed by atoms with E-state index < -0.39 is 24.2 Å². The maximum absolute atomic E-state index is 14.4. The molecule has 0 aliphatic carbocycles. The highest BCUT2D eigenvalue weighted by Gasteiger charge is 2.62. The van der Waals surface area contributed by atoms with Gasteiger partial charge in [0.15, 0.2) is 16.6 Å². The van der Waals surface area contributed by atoms with Gasteiger partial charge in [0.2, 0.25) is 0 Å². The Labute approximate surface area is 195 Å². The molecule has 3 aromatic heterocycles. The summed E-state index contributed by atoms with van der Waals surface area (Å²) in [5.41, 5.74) is -2.82. The first-order chi connectivity index (χ1) is 15.5. The maximum atomic E-state index is 14.4. The first-order valence-corrected chi connectivity index (χ1v) is 10.6. The number of anilines is 2. The molecular formula is C19H17Cl2F3N8O. The topological polar surface area (TPSA) is 83.6 Å². The van der Waals surface area contributed by atoms with E-state index in [0.29, 0.717) is 5.15 Å². The number of rotatable bonds is 3. The smallest absolute Gasteiger partial charge is 0.302 e. The van der Waals surface area contributed by atoms with Crippen molar-refractivity contribution in [2.75, 3.05) is 36.9 Å². The van der Waals surface area contributed by atoms with E-state index in [0.717, 1.165) is 28.6 Å². The van der Waals surface area contributed by atoms with Crippen LogP contribution in [-0.4, -0.2) is 68.2 Å². The number of nitrogens with zero attached hydrogens (tertiary/aromatic N) is 7. The van der Waals surface area contributed by atoms with E-state index in [1.54, 1.807) is 4.68 Å². The molecule has 0 aromatic carbocycles. The number of nitrogens with one attached hydrogen (secondary N) is 1. The summed E-state index contributed by atoms with van der Waals surface area (Å²) in [5.74, 6) is 0.125. The van der Waals surface area contributed by atoms with Crippen molar-refractivity contribution in [1.29, 1.82) is 0 Å². The zero-order valence-corrected chi connectivity index (χ0v) is 18.7. The SMILES string of the molecule is C=C[C@@]1(C(F)(F)F)CN(C(=O)Nc2cc(Cl)n(C3CN(C)C3)n2)c2cnc3cc(Cl)nn3c21. The molecule has 3 aromatic rings. The Hall–Kier alpha value is -2.83. The van der Waals surface area contributed by atoms with E-state index in [-0.39, 0.29) is 34.0 Å². The molecule has 1 N–H and O–H groups in total. The zero-order chi connectivity index (χ0) is 23.7. The van der Waals surface area contributed by atoms with Crippen LogP contribution in [0.2, 0.25) is 10.3 Å². The van der Waals surface area contributed by atoms with Crippen LogP contribution >= 0.6 is 23.2 Å². The highest BCUT2D eigenvalue weighted by Crippen LogP contribution is 2.51. The van der Waals surface area contributed by atoms with Crippen LogP contribution in [-0.2, 0) is 5.41 Å². The van der Waals surface area contributed by atoms with Gasteiger partial charge in [-0.1, -0.05) is 29.3 Å². The van der Waals surface area contributed by atoms with Crippen LogP contribution < -0.4 is 10.2 Å². The third-order valence-corrected chi connectivity index (χ3v) is 6.44. The molecule has 14 heteroatoms. The van der Waals surface area contributed by atoms with Crippen LogP contribution in [0.5, 0.6) is 0 Å². The van der Waals surface area contributed by atoms with E-state index in [4.69, 9.17) is 23.2 Å². The van der Waals surface area contributed by atoms with Crippen LogP contribution in [0, 0.1) is 0 Å². The molecule has 33 heavy (non-hydrogen) atoms. The Morgan fingerprint density at radius 3 is 2.67 bits per heavy atom. The lowest BCUT2D eigenvalue weighted by atomic mass is 9.85. The fourth-order valence-electron chi connectivity index (χ4n) is 4.29. The van der Waals surface area contributed by atoms with Gasteiger partial charge >= 0.3 is 12.2 Å². The molecule has 0 radical (unpaired) electrons. The fourth-order valence-corrected chi connectivity index (χ4v) is 4.74. The molecular weight excluding hydrogens is 484 g/mol. The number of fused-ring (bicyclic) bond motifs is 3. The Balaban J connectivity index is 1.52. The van der Waals surface area contributed by atoms with E-state index in [1.165, 1.54) is 18.3 Å². The average Bonchev–Trinajstić information content (AvgIpc) is 3.37. The van der Waals surface area contributed by atoms with E-state index in [2.05, 4.69) is 32.0 Å². The summed E-state index contributed by atoms with van der Waals surface area (Å²) in [7, 11) is 1.95. The van der Waals surface area contributed by atoms with E-state index >= 15 is 0 Å². The van der Waals surface area contributed by atoms with Gasteiger partial charge in [0.25, 0.3) is 0 Å². The quantitative estimate of drug-likeness (QED) is 0.553. The minimum atomic E-state index is -4.77. The monoisotopic (exact) mass is 500 g/mol. The van der Waals surface area contributed by atoms with Crippen molar-refractivity contribution in [1.82, 2.24) is 29.3 Å². The molecule has 5 rings (SSSR count). The second kappa shape index (κ2) is 7.34. The number of amides is 2. The van der Waals surface area contributed by atoms with Crippen LogP contribution in [0.15, 0.2) is 31.0 Å². The lowest BCUT2D eigenvalue weighted by Gasteiger charge is -2.36. The third-order valence-electron chi connectivity index (χ3n) is 5.97. The predicted molar refractivity (Wildman–Crippen MR) is 116 cm³/mol. The molecule has 9 nitrogen and oxygen atoms in total. The van der Waals surface area contributed by atoms with Crippen LogP contribution in [0.3, 0.4) is 0 Å². The van der Waals surface area contributed by atoms with Gasteiger partial charge < -0.3 is 4.90 Å². The lowest BCUT2D eigenvalue weighted by Crippen LogP contribution is -2.47. The Morgan fingerprint density at radius 1 is 1.30 bits per heavy atom. The van der Waals surface area contributed by atoms with Crippen molar-refractivity contribution in [3.63, 3.8) is 0 Å². The standard InChI is InChI=1S/C19H17Cl2F3N8O/c1-3-18(19(22,23)24)9-30(11-6-25-15-4-12(20)27-32(15)16(11)18)17(33)26-14-5-13(21)31(28-14)10-7-29(2)8-10/h3-6,10H,1,7-9H2,2H3,(H,26,28,33)/t18-/m1/s1. The van der Waals surface area contributed by atoms with Gasteiger partial charge in [-0.15, -0.1) is 6.58 Å². The second-order valence-corrected chi connectivity index (χ2v) is 8.87. The van der Waals surface area contributed by atoms with Crippen molar-refractivity contribution in [2.45, 2.75) is 17.6 Å². The van der Waals surface area contributed by atoms with Gasteiger partial charge in [-0.25, -0.2) is 19.0 Å². The minimum Gasteiger partial charge on any atom is -0.302 e. The molecule has 2 amide bonds. The number of hydrogen-bond donors (Lipinski definition) is 1. The molecule has 1 saturated heterocycles. The van der Waals surface area contributed by atoms with Gasteiger partial charge in [-0.05, 0) is 7.05 Å². The number of alkyl halides is 3. The highest BCUT2D eigenvalue weighted by atomic mass is 35.5. The molecule has 0 spiro atoms.